The minimum absolute atomic E-state index is 0.178. The molecule has 1 fully saturated rings. The number of carbonyl (C=O) groups excluding carboxylic acids is 1. The molecular formula is C9H16N2O2S. The van der Waals surface area contributed by atoms with Gasteiger partial charge in [0.25, 0.3) is 5.91 Å². The maximum Gasteiger partial charge on any atom is 0.278 e. The Morgan fingerprint density at radius 2 is 2.29 bits per heavy atom. The van der Waals surface area contributed by atoms with Crippen molar-refractivity contribution in [1.29, 1.82) is 0 Å². The van der Waals surface area contributed by atoms with E-state index >= 15 is 0 Å². The van der Waals surface area contributed by atoms with Gasteiger partial charge in [0, 0.05) is 26.3 Å². The summed E-state index contributed by atoms with van der Waals surface area (Å²) in [6.07, 6.45) is 3.06. The molecule has 0 heterocycles. The first-order valence-corrected chi connectivity index (χ1v) is 5.22. The third kappa shape index (κ3) is 4.53. The average molecular weight is 216 g/mol. The average Bonchev–Trinajstić information content (AvgIpc) is 2.96. The van der Waals surface area contributed by atoms with Gasteiger partial charge in [-0.2, -0.15) is 0 Å². The topological polar surface area (TPSA) is 50.4 Å². The highest BCUT2D eigenvalue weighted by atomic mass is 32.1. The lowest BCUT2D eigenvalue weighted by Gasteiger charge is -2.07. The van der Waals surface area contributed by atoms with Crippen LogP contribution >= 0.6 is 12.2 Å². The second kappa shape index (κ2) is 5.93. The Bertz CT molecular complexity index is 217. The Morgan fingerprint density at radius 1 is 1.57 bits per heavy atom. The fourth-order valence-corrected chi connectivity index (χ4v) is 1.22. The van der Waals surface area contributed by atoms with E-state index in [-0.39, 0.29) is 5.91 Å². The number of ether oxygens (including phenoxy) is 1. The zero-order chi connectivity index (χ0) is 10.4. The van der Waals surface area contributed by atoms with E-state index in [4.69, 9.17) is 17.0 Å². The molecule has 0 radical (unpaired) electrons. The molecule has 1 amide bonds. The molecule has 0 unspecified atom stereocenters. The number of carbonyl (C=O) groups is 1. The first kappa shape index (κ1) is 11.4. The molecule has 0 aromatic heterocycles. The summed E-state index contributed by atoms with van der Waals surface area (Å²) in [5.74, 6) is -0.178. The molecule has 0 aliphatic heterocycles. The lowest BCUT2D eigenvalue weighted by Crippen LogP contribution is -2.40. The van der Waals surface area contributed by atoms with E-state index in [0.29, 0.717) is 24.2 Å². The summed E-state index contributed by atoms with van der Waals surface area (Å²) >= 11 is 4.92. The Kier molecular flexibility index (Phi) is 4.82. The van der Waals surface area contributed by atoms with Crippen LogP contribution < -0.4 is 10.6 Å². The lowest BCUT2D eigenvalue weighted by atomic mass is 10.4. The van der Waals surface area contributed by atoms with E-state index in [0.717, 1.165) is 19.3 Å². The molecule has 0 aromatic carbocycles. The monoisotopic (exact) mass is 216 g/mol. The summed E-state index contributed by atoms with van der Waals surface area (Å²) in [4.78, 5) is 11.6. The Hall–Kier alpha value is -0.680. The molecule has 1 aliphatic carbocycles. The van der Waals surface area contributed by atoms with Crippen molar-refractivity contribution in [3.8, 4) is 0 Å². The first-order valence-electron chi connectivity index (χ1n) is 4.81. The number of hydrogen-bond donors (Lipinski definition) is 2. The van der Waals surface area contributed by atoms with Gasteiger partial charge in [0.2, 0.25) is 0 Å². The molecule has 80 valence electrons. The summed E-state index contributed by atoms with van der Waals surface area (Å²) in [6.45, 7) is 1.27. The second-order valence-electron chi connectivity index (χ2n) is 3.35. The van der Waals surface area contributed by atoms with Crippen LogP contribution in [-0.4, -0.2) is 37.2 Å². The normalized spacial score (nSPS) is 14.9. The lowest BCUT2D eigenvalue weighted by molar-refractivity contribution is -0.114. The van der Waals surface area contributed by atoms with Crippen molar-refractivity contribution in [1.82, 2.24) is 10.6 Å². The number of amides is 1. The molecule has 0 saturated heterocycles. The van der Waals surface area contributed by atoms with Gasteiger partial charge in [0.05, 0.1) is 0 Å². The molecule has 1 aliphatic rings. The maximum atomic E-state index is 11.3. The van der Waals surface area contributed by atoms with Crippen LogP contribution in [-0.2, 0) is 9.53 Å². The van der Waals surface area contributed by atoms with Crippen LogP contribution in [0.15, 0.2) is 0 Å². The van der Waals surface area contributed by atoms with Gasteiger partial charge in [-0.3, -0.25) is 4.79 Å². The van der Waals surface area contributed by atoms with Crippen molar-refractivity contribution in [3.63, 3.8) is 0 Å². The molecule has 0 aromatic rings. The van der Waals surface area contributed by atoms with Crippen molar-refractivity contribution in [2.45, 2.75) is 25.3 Å². The Labute approximate surface area is 89.4 Å². The summed E-state index contributed by atoms with van der Waals surface area (Å²) < 4.78 is 4.86. The molecule has 4 nitrogen and oxygen atoms in total. The number of hydrogen-bond acceptors (Lipinski definition) is 3. The summed E-state index contributed by atoms with van der Waals surface area (Å²) in [7, 11) is 1.64. The zero-order valence-electron chi connectivity index (χ0n) is 8.34. The van der Waals surface area contributed by atoms with Crippen LogP contribution in [0.3, 0.4) is 0 Å². The van der Waals surface area contributed by atoms with Gasteiger partial charge in [0.15, 0.2) is 4.99 Å². The summed E-state index contributed by atoms with van der Waals surface area (Å²) in [6, 6.07) is 0.437. The van der Waals surface area contributed by atoms with Gasteiger partial charge < -0.3 is 15.4 Å². The minimum Gasteiger partial charge on any atom is -0.385 e. The largest absolute Gasteiger partial charge is 0.385 e. The van der Waals surface area contributed by atoms with Gasteiger partial charge in [-0.1, -0.05) is 12.2 Å². The van der Waals surface area contributed by atoms with Crippen LogP contribution in [0.1, 0.15) is 19.3 Å². The van der Waals surface area contributed by atoms with Crippen molar-refractivity contribution in [3.05, 3.63) is 0 Å². The maximum absolute atomic E-state index is 11.3. The van der Waals surface area contributed by atoms with Crippen molar-refractivity contribution >= 4 is 23.1 Å². The van der Waals surface area contributed by atoms with E-state index in [1.54, 1.807) is 7.11 Å². The van der Waals surface area contributed by atoms with E-state index < -0.39 is 0 Å². The van der Waals surface area contributed by atoms with E-state index in [2.05, 4.69) is 10.6 Å². The highest BCUT2D eigenvalue weighted by Crippen LogP contribution is 2.18. The highest BCUT2D eigenvalue weighted by Gasteiger charge is 2.23. The minimum atomic E-state index is -0.178. The molecular weight excluding hydrogens is 200 g/mol. The number of rotatable bonds is 5. The summed E-state index contributed by atoms with van der Waals surface area (Å²) in [5, 5.41) is 5.71. The Morgan fingerprint density at radius 3 is 2.86 bits per heavy atom. The van der Waals surface area contributed by atoms with Crippen molar-refractivity contribution in [2.75, 3.05) is 20.3 Å². The van der Waals surface area contributed by atoms with Crippen LogP contribution in [0.2, 0.25) is 0 Å². The fourth-order valence-electron chi connectivity index (χ4n) is 0.977. The second-order valence-corrected chi connectivity index (χ2v) is 3.76. The Balaban J connectivity index is 2.04. The van der Waals surface area contributed by atoms with Gasteiger partial charge in [-0.15, -0.1) is 0 Å². The number of nitrogens with one attached hydrogen (secondary N) is 2. The molecule has 0 spiro atoms. The number of thiocarbonyl (C=S) groups is 1. The quantitative estimate of drug-likeness (QED) is 0.510. The van der Waals surface area contributed by atoms with Crippen LogP contribution in [0.4, 0.5) is 0 Å². The molecule has 0 atom stereocenters. The van der Waals surface area contributed by atoms with Crippen LogP contribution in [0, 0.1) is 0 Å². The molecule has 14 heavy (non-hydrogen) atoms. The van der Waals surface area contributed by atoms with Crippen LogP contribution in [0.25, 0.3) is 0 Å². The fraction of sp³-hybridized carbons (Fsp3) is 0.778. The van der Waals surface area contributed by atoms with E-state index in [9.17, 15) is 4.79 Å². The van der Waals surface area contributed by atoms with Crippen LogP contribution in [0.5, 0.6) is 0 Å². The zero-order valence-corrected chi connectivity index (χ0v) is 9.15. The number of methoxy groups -OCH3 is 1. The van der Waals surface area contributed by atoms with E-state index in [1.807, 2.05) is 0 Å². The summed E-state index contributed by atoms with van der Waals surface area (Å²) in [5.41, 5.74) is 0. The van der Waals surface area contributed by atoms with E-state index in [1.165, 1.54) is 0 Å². The van der Waals surface area contributed by atoms with Crippen molar-refractivity contribution in [2.24, 2.45) is 0 Å². The third-order valence-electron chi connectivity index (χ3n) is 1.93. The van der Waals surface area contributed by atoms with Gasteiger partial charge >= 0.3 is 0 Å². The first-order chi connectivity index (χ1) is 6.74. The SMILES string of the molecule is COCCCNC(=O)C(=S)NC1CC1. The smallest absolute Gasteiger partial charge is 0.278 e. The highest BCUT2D eigenvalue weighted by molar-refractivity contribution is 7.82. The predicted molar refractivity (Wildman–Crippen MR) is 58.3 cm³/mol. The predicted octanol–water partition coefficient (Wildman–Crippen LogP) is 0.218. The standard InChI is InChI=1S/C9H16N2O2S/c1-13-6-2-5-10-8(12)9(14)11-7-3-4-7/h7H,2-6H2,1H3,(H,10,12)(H,11,14). The molecule has 5 heteroatoms. The van der Waals surface area contributed by atoms with Crippen molar-refractivity contribution < 1.29 is 9.53 Å². The molecule has 2 N–H and O–H groups in total. The molecule has 1 rings (SSSR count). The van der Waals surface area contributed by atoms with Gasteiger partial charge in [0.1, 0.15) is 0 Å². The molecule has 0 bridgehead atoms. The molecule has 1 saturated carbocycles. The van der Waals surface area contributed by atoms with Gasteiger partial charge in [-0.25, -0.2) is 0 Å². The van der Waals surface area contributed by atoms with Gasteiger partial charge in [-0.05, 0) is 19.3 Å². The third-order valence-corrected chi connectivity index (χ3v) is 2.23.